The first kappa shape index (κ1) is 15.1. The molecule has 106 valence electrons. The number of esters is 1. The number of thioether (sulfide) groups is 1. The molecule has 0 spiro atoms. The third-order valence-corrected chi connectivity index (χ3v) is 3.93. The van der Waals surface area contributed by atoms with E-state index in [1.54, 1.807) is 18.2 Å². The van der Waals surface area contributed by atoms with Gasteiger partial charge in [-0.3, -0.25) is 0 Å². The number of pyridine rings is 1. The molecule has 1 aromatic heterocycles. The van der Waals surface area contributed by atoms with E-state index in [9.17, 15) is 4.79 Å². The highest BCUT2D eigenvalue weighted by Crippen LogP contribution is 2.24. The van der Waals surface area contributed by atoms with Crippen LogP contribution in [0, 0.1) is 18.3 Å². The molecule has 4 nitrogen and oxygen atoms in total. The van der Waals surface area contributed by atoms with Crippen molar-refractivity contribution in [3.05, 3.63) is 58.8 Å². The molecule has 0 aliphatic heterocycles. The Labute approximate surface area is 127 Å². The van der Waals surface area contributed by atoms with Crippen molar-refractivity contribution in [2.75, 3.05) is 7.11 Å². The van der Waals surface area contributed by atoms with Crippen LogP contribution < -0.4 is 0 Å². The van der Waals surface area contributed by atoms with E-state index in [0.29, 0.717) is 16.9 Å². The van der Waals surface area contributed by atoms with Crippen molar-refractivity contribution >= 4 is 17.7 Å². The van der Waals surface area contributed by atoms with Gasteiger partial charge in [-0.2, -0.15) is 5.26 Å². The van der Waals surface area contributed by atoms with E-state index in [0.717, 1.165) is 16.3 Å². The molecule has 0 saturated carbocycles. The van der Waals surface area contributed by atoms with Crippen LogP contribution in [0.1, 0.15) is 27.2 Å². The van der Waals surface area contributed by atoms with Gasteiger partial charge < -0.3 is 4.74 Å². The molecule has 5 heteroatoms. The van der Waals surface area contributed by atoms with Gasteiger partial charge >= 0.3 is 5.97 Å². The van der Waals surface area contributed by atoms with Crippen LogP contribution >= 0.6 is 11.8 Å². The zero-order valence-corrected chi connectivity index (χ0v) is 12.6. The minimum atomic E-state index is -0.346. The average Bonchev–Trinajstić information content (AvgIpc) is 2.52. The maximum Gasteiger partial charge on any atom is 0.337 e. The topological polar surface area (TPSA) is 63.0 Å². The van der Waals surface area contributed by atoms with Crippen LogP contribution in [0.4, 0.5) is 0 Å². The number of carbonyl (C=O) groups excluding carboxylic acids is 1. The lowest BCUT2D eigenvalue weighted by Gasteiger charge is -2.05. The second kappa shape index (κ2) is 6.91. The fourth-order valence-electron chi connectivity index (χ4n) is 1.73. The maximum atomic E-state index is 11.4. The van der Waals surface area contributed by atoms with Gasteiger partial charge in [-0.1, -0.05) is 12.1 Å². The molecule has 0 bridgehead atoms. The zero-order valence-electron chi connectivity index (χ0n) is 11.8. The minimum absolute atomic E-state index is 0.346. The van der Waals surface area contributed by atoms with Gasteiger partial charge in [-0.25, -0.2) is 9.78 Å². The lowest BCUT2D eigenvalue weighted by Crippen LogP contribution is -2.00. The van der Waals surface area contributed by atoms with Crippen LogP contribution in [0.3, 0.4) is 0 Å². The minimum Gasteiger partial charge on any atom is -0.465 e. The highest BCUT2D eigenvalue weighted by atomic mass is 32.2. The molecule has 0 amide bonds. The highest BCUT2D eigenvalue weighted by Gasteiger charge is 2.07. The Kier molecular flexibility index (Phi) is 4.96. The number of hydrogen-bond donors (Lipinski definition) is 0. The lowest BCUT2D eigenvalue weighted by molar-refractivity contribution is 0.0600. The molecule has 0 aliphatic carbocycles. The van der Waals surface area contributed by atoms with E-state index in [4.69, 9.17) is 5.26 Å². The van der Waals surface area contributed by atoms with Gasteiger partial charge in [0, 0.05) is 11.4 Å². The van der Waals surface area contributed by atoms with Crippen molar-refractivity contribution in [1.29, 1.82) is 5.26 Å². The third-order valence-electron chi connectivity index (χ3n) is 2.87. The van der Waals surface area contributed by atoms with Crippen LogP contribution in [-0.4, -0.2) is 18.1 Å². The summed E-state index contributed by atoms with van der Waals surface area (Å²) in [5, 5.41) is 9.81. The number of aryl methyl sites for hydroxylation is 1. The molecule has 0 atom stereocenters. The van der Waals surface area contributed by atoms with Crippen LogP contribution in [0.2, 0.25) is 0 Å². The summed E-state index contributed by atoms with van der Waals surface area (Å²) in [6, 6.07) is 13.0. The monoisotopic (exact) mass is 298 g/mol. The third kappa shape index (κ3) is 3.83. The quantitative estimate of drug-likeness (QED) is 0.640. The molecule has 0 fully saturated rings. The second-order valence-electron chi connectivity index (χ2n) is 4.39. The maximum absolute atomic E-state index is 11.4. The molecule has 2 aromatic rings. The molecular weight excluding hydrogens is 284 g/mol. The number of ether oxygens (including phenoxy) is 1. The SMILES string of the molecule is COC(=O)c1ccc(CSc2nc(C)ccc2C#N)cc1. The summed E-state index contributed by atoms with van der Waals surface area (Å²) in [6.07, 6.45) is 0. The molecule has 1 heterocycles. The van der Waals surface area contributed by atoms with Gasteiger partial charge in [0.05, 0.1) is 18.2 Å². The number of nitriles is 1. The van der Waals surface area contributed by atoms with E-state index in [2.05, 4.69) is 15.8 Å². The van der Waals surface area contributed by atoms with Crippen LogP contribution in [0.15, 0.2) is 41.4 Å². The molecule has 2 rings (SSSR count). The molecular formula is C16H14N2O2S. The Balaban J connectivity index is 2.08. The first-order valence-corrected chi connectivity index (χ1v) is 7.30. The number of aromatic nitrogens is 1. The fourth-order valence-corrected chi connectivity index (χ4v) is 2.71. The van der Waals surface area contributed by atoms with Crippen molar-refractivity contribution in [3.8, 4) is 6.07 Å². The van der Waals surface area contributed by atoms with Crippen molar-refractivity contribution in [2.24, 2.45) is 0 Å². The summed E-state index contributed by atoms with van der Waals surface area (Å²) in [6.45, 7) is 1.90. The standard InChI is InChI=1S/C16H14N2O2S/c1-11-3-6-14(9-17)15(18-11)21-10-12-4-7-13(8-5-12)16(19)20-2/h3-8H,10H2,1-2H3. The van der Waals surface area contributed by atoms with Crippen LogP contribution in [0.5, 0.6) is 0 Å². The van der Waals surface area contributed by atoms with E-state index in [-0.39, 0.29) is 5.97 Å². The van der Waals surface area contributed by atoms with Gasteiger partial charge in [0.1, 0.15) is 11.1 Å². The summed E-state index contributed by atoms with van der Waals surface area (Å²) in [4.78, 5) is 15.7. The van der Waals surface area contributed by atoms with Gasteiger partial charge in [0.2, 0.25) is 0 Å². The Morgan fingerprint density at radius 3 is 2.62 bits per heavy atom. The summed E-state index contributed by atoms with van der Waals surface area (Å²) in [5.41, 5.74) is 3.05. The normalized spacial score (nSPS) is 9.95. The van der Waals surface area contributed by atoms with Crippen LogP contribution in [0.25, 0.3) is 0 Å². The Hall–Kier alpha value is -2.32. The zero-order chi connectivity index (χ0) is 15.2. The summed E-state index contributed by atoms with van der Waals surface area (Å²) < 4.78 is 4.66. The molecule has 0 aliphatic rings. The average molecular weight is 298 g/mol. The number of benzene rings is 1. The van der Waals surface area contributed by atoms with E-state index in [1.807, 2.05) is 25.1 Å². The number of methoxy groups -OCH3 is 1. The van der Waals surface area contributed by atoms with E-state index in [1.165, 1.54) is 18.9 Å². The highest BCUT2D eigenvalue weighted by molar-refractivity contribution is 7.98. The first-order valence-electron chi connectivity index (χ1n) is 6.32. The number of carbonyl (C=O) groups is 1. The van der Waals surface area contributed by atoms with Crippen molar-refractivity contribution in [3.63, 3.8) is 0 Å². The van der Waals surface area contributed by atoms with Gasteiger partial charge in [-0.15, -0.1) is 11.8 Å². The van der Waals surface area contributed by atoms with E-state index >= 15 is 0 Å². The molecule has 21 heavy (non-hydrogen) atoms. The van der Waals surface area contributed by atoms with Gasteiger partial charge in [-0.05, 0) is 36.8 Å². The number of rotatable bonds is 4. The lowest BCUT2D eigenvalue weighted by atomic mass is 10.1. The van der Waals surface area contributed by atoms with Gasteiger partial charge in [0.15, 0.2) is 0 Å². The summed E-state index contributed by atoms with van der Waals surface area (Å²) in [5.74, 6) is 0.341. The number of nitrogens with zero attached hydrogens (tertiary/aromatic N) is 2. The van der Waals surface area contributed by atoms with Crippen molar-refractivity contribution < 1.29 is 9.53 Å². The molecule has 0 radical (unpaired) electrons. The van der Waals surface area contributed by atoms with Crippen molar-refractivity contribution in [2.45, 2.75) is 17.7 Å². The first-order chi connectivity index (χ1) is 10.1. The summed E-state index contributed by atoms with van der Waals surface area (Å²) >= 11 is 1.51. The molecule has 1 aromatic carbocycles. The predicted molar refractivity (Wildman–Crippen MR) is 81.0 cm³/mol. The van der Waals surface area contributed by atoms with Crippen LogP contribution in [-0.2, 0) is 10.5 Å². The molecule has 0 saturated heterocycles. The fraction of sp³-hybridized carbons (Fsp3) is 0.188. The number of hydrogen-bond acceptors (Lipinski definition) is 5. The summed E-state index contributed by atoms with van der Waals surface area (Å²) in [7, 11) is 1.36. The largest absolute Gasteiger partial charge is 0.465 e. The predicted octanol–water partition coefficient (Wildman–Crippen LogP) is 3.34. The molecule has 0 N–H and O–H groups in total. The van der Waals surface area contributed by atoms with Crippen molar-refractivity contribution in [1.82, 2.24) is 4.98 Å². The smallest absolute Gasteiger partial charge is 0.337 e. The molecule has 0 unspecified atom stereocenters. The van der Waals surface area contributed by atoms with Gasteiger partial charge in [0.25, 0.3) is 0 Å². The Morgan fingerprint density at radius 1 is 1.29 bits per heavy atom. The Bertz CT molecular complexity index is 690. The van der Waals surface area contributed by atoms with E-state index < -0.39 is 0 Å². The second-order valence-corrected chi connectivity index (χ2v) is 5.36. The Morgan fingerprint density at radius 2 is 2.00 bits per heavy atom.